The predicted molar refractivity (Wildman–Crippen MR) is 175 cm³/mol. The Kier molecular flexibility index (Phi) is 5.79. The third kappa shape index (κ3) is 4.20. The molecule has 2 aromatic heterocycles. The number of aromatic nitrogens is 1. The first-order valence-electron chi connectivity index (χ1n) is 14.1. The topological polar surface area (TPSA) is 29.3 Å². The van der Waals surface area contributed by atoms with E-state index in [1.165, 1.54) is 27.6 Å². The van der Waals surface area contributed by atoms with Gasteiger partial charge in [0.2, 0.25) is 5.71 Å². The fourth-order valence-corrected chi connectivity index (χ4v) is 5.87. The SMILES string of the molecule is c1ccc(-c2ccc(-c3ccc(N(c4ccccc4)c4ccc5ccc6oc7ncccc7c6c5c4)cc3)cc2)cc1. The van der Waals surface area contributed by atoms with Crippen molar-refractivity contribution in [3.8, 4) is 22.3 Å². The lowest BCUT2D eigenvalue weighted by atomic mass is 10.00. The van der Waals surface area contributed by atoms with Crippen LogP contribution in [-0.2, 0) is 0 Å². The Hall–Kier alpha value is -5.67. The van der Waals surface area contributed by atoms with Gasteiger partial charge >= 0.3 is 0 Å². The maximum absolute atomic E-state index is 6.09. The highest BCUT2D eigenvalue weighted by Crippen LogP contribution is 2.40. The van der Waals surface area contributed by atoms with Gasteiger partial charge in [0.25, 0.3) is 0 Å². The lowest BCUT2D eigenvalue weighted by Gasteiger charge is -2.26. The summed E-state index contributed by atoms with van der Waals surface area (Å²) in [6, 6.07) is 53.5. The summed E-state index contributed by atoms with van der Waals surface area (Å²) in [4.78, 5) is 6.76. The van der Waals surface area contributed by atoms with Gasteiger partial charge in [0.1, 0.15) is 5.58 Å². The quantitative estimate of drug-likeness (QED) is 0.218. The maximum atomic E-state index is 6.09. The zero-order valence-corrected chi connectivity index (χ0v) is 22.8. The van der Waals surface area contributed by atoms with Crippen molar-refractivity contribution in [1.29, 1.82) is 0 Å². The molecule has 42 heavy (non-hydrogen) atoms. The molecule has 3 heteroatoms. The molecule has 0 fully saturated rings. The van der Waals surface area contributed by atoms with E-state index in [2.05, 4.69) is 143 Å². The summed E-state index contributed by atoms with van der Waals surface area (Å²) in [6.45, 7) is 0. The molecule has 8 rings (SSSR count). The van der Waals surface area contributed by atoms with Gasteiger partial charge in [-0.05, 0) is 87.6 Å². The fourth-order valence-electron chi connectivity index (χ4n) is 5.87. The van der Waals surface area contributed by atoms with E-state index in [9.17, 15) is 0 Å². The number of fused-ring (bicyclic) bond motifs is 5. The zero-order chi connectivity index (χ0) is 27.9. The molecule has 0 amide bonds. The van der Waals surface area contributed by atoms with Crippen LogP contribution in [0.15, 0.2) is 162 Å². The molecular formula is C39H26N2O. The molecule has 2 heterocycles. The predicted octanol–water partition coefficient (Wildman–Crippen LogP) is 10.9. The van der Waals surface area contributed by atoms with E-state index >= 15 is 0 Å². The van der Waals surface area contributed by atoms with Crippen molar-refractivity contribution in [2.45, 2.75) is 0 Å². The number of para-hydroxylation sites is 1. The highest BCUT2D eigenvalue weighted by atomic mass is 16.3. The Morgan fingerprint density at radius 3 is 1.74 bits per heavy atom. The third-order valence-electron chi connectivity index (χ3n) is 7.94. The molecule has 198 valence electrons. The zero-order valence-electron chi connectivity index (χ0n) is 22.8. The molecule has 6 aromatic carbocycles. The van der Waals surface area contributed by atoms with E-state index in [1.807, 2.05) is 18.2 Å². The van der Waals surface area contributed by atoms with Gasteiger partial charge in [-0.15, -0.1) is 0 Å². The summed E-state index contributed by atoms with van der Waals surface area (Å²) in [5.74, 6) is 0. The van der Waals surface area contributed by atoms with Crippen molar-refractivity contribution in [2.24, 2.45) is 0 Å². The molecule has 0 saturated heterocycles. The van der Waals surface area contributed by atoms with Gasteiger partial charge < -0.3 is 9.32 Å². The van der Waals surface area contributed by atoms with Gasteiger partial charge in [-0.25, -0.2) is 4.98 Å². The number of nitrogens with zero attached hydrogens (tertiary/aromatic N) is 2. The summed E-state index contributed by atoms with van der Waals surface area (Å²) in [5.41, 5.74) is 9.62. The molecular weight excluding hydrogens is 512 g/mol. The second-order valence-corrected chi connectivity index (χ2v) is 10.5. The average molecular weight is 539 g/mol. The van der Waals surface area contributed by atoms with Crippen LogP contribution in [0, 0.1) is 0 Å². The van der Waals surface area contributed by atoms with Crippen LogP contribution in [0.3, 0.4) is 0 Å². The minimum Gasteiger partial charge on any atom is -0.438 e. The molecule has 0 aliphatic heterocycles. The van der Waals surface area contributed by atoms with Gasteiger partial charge in [-0.2, -0.15) is 0 Å². The Labute approximate surface area is 243 Å². The third-order valence-corrected chi connectivity index (χ3v) is 7.94. The summed E-state index contributed by atoms with van der Waals surface area (Å²) in [7, 11) is 0. The molecule has 8 aromatic rings. The number of furan rings is 1. The second-order valence-electron chi connectivity index (χ2n) is 10.5. The number of pyridine rings is 1. The molecule has 3 nitrogen and oxygen atoms in total. The summed E-state index contributed by atoms with van der Waals surface area (Å²) < 4.78 is 6.09. The highest BCUT2D eigenvalue weighted by molar-refractivity contribution is 6.18. The number of anilines is 3. The molecule has 0 unspecified atom stereocenters. The lowest BCUT2D eigenvalue weighted by molar-refractivity contribution is 0.654. The molecule has 0 aliphatic rings. The van der Waals surface area contributed by atoms with Gasteiger partial charge in [0.15, 0.2) is 0 Å². The van der Waals surface area contributed by atoms with Crippen LogP contribution in [-0.4, -0.2) is 4.98 Å². The van der Waals surface area contributed by atoms with Crippen LogP contribution in [0.1, 0.15) is 0 Å². The van der Waals surface area contributed by atoms with Crippen LogP contribution in [0.25, 0.3) is 55.1 Å². The molecule has 0 saturated carbocycles. The Morgan fingerprint density at radius 1 is 0.452 bits per heavy atom. The van der Waals surface area contributed by atoms with E-state index in [1.54, 1.807) is 6.20 Å². The van der Waals surface area contributed by atoms with Crippen molar-refractivity contribution in [2.75, 3.05) is 4.90 Å². The van der Waals surface area contributed by atoms with E-state index in [-0.39, 0.29) is 0 Å². The number of benzene rings is 6. The lowest BCUT2D eigenvalue weighted by Crippen LogP contribution is -2.09. The fraction of sp³-hybridized carbons (Fsp3) is 0. The van der Waals surface area contributed by atoms with E-state index in [0.29, 0.717) is 5.71 Å². The van der Waals surface area contributed by atoms with Crippen LogP contribution < -0.4 is 4.90 Å². The van der Waals surface area contributed by atoms with Crippen molar-refractivity contribution >= 4 is 49.9 Å². The van der Waals surface area contributed by atoms with Crippen molar-refractivity contribution in [3.63, 3.8) is 0 Å². The number of hydrogen-bond acceptors (Lipinski definition) is 3. The summed E-state index contributed by atoms with van der Waals surface area (Å²) >= 11 is 0. The smallest absolute Gasteiger partial charge is 0.227 e. The van der Waals surface area contributed by atoms with Crippen molar-refractivity contribution in [1.82, 2.24) is 4.98 Å². The van der Waals surface area contributed by atoms with Crippen LogP contribution >= 0.6 is 0 Å². The molecule has 0 aliphatic carbocycles. The van der Waals surface area contributed by atoms with Crippen LogP contribution in [0.2, 0.25) is 0 Å². The maximum Gasteiger partial charge on any atom is 0.227 e. The first-order valence-corrected chi connectivity index (χ1v) is 14.1. The average Bonchev–Trinajstić information content (AvgIpc) is 3.46. The molecule has 0 bridgehead atoms. The minimum absolute atomic E-state index is 0.665. The molecule has 0 radical (unpaired) electrons. The van der Waals surface area contributed by atoms with E-state index in [0.717, 1.165) is 38.8 Å². The number of hydrogen-bond donors (Lipinski definition) is 0. The van der Waals surface area contributed by atoms with Crippen molar-refractivity contribution in [3.05, 3.63) is 158 Å². The molecule has 0 N–H and O–H groups in total. The van der Waals surface area contributed by atoms with Gasteiger partial charge in [0.05, 0.1) is 0 Å². The van der Waals surface area contributed by atoms with E-state index in [4.69, 9.17) is 4.42 Å². The Balaban J connectivity index is 1.21. The van der Waals surface area contributed by atoms with Gasteiger partial charge in [-0.1, -0.05) is 97.1 Å². The normalized spacial score (nSPS) is 11.3. The molecule has 0 spiro atoms. The van der Waals surface area contributed by atoms with E-state index < -0.39 is 0 Å². The Bertz CT molecular complexity index is 2170. The monoisotopic (exact) mass is 538 g/mol. The number of rotatable bonds is 5. The largest absolute Gasteiger partial charge is 0.438 e. The minimum atomic E-state index is 0.665. The summed E-state index contributed by atoms with van der Waals surface area (Å²) in [6.07, 6.45) is 1.77. The van der Waals surface area contributed by atoms with Gasteiger partial charge in [-0.3, -0.25) is 0 Å². The van der Waals surface area contributed by atoms with Crippen LogP contribution in [0.4, 0.5) is 17.1 Å². The second kappa shape index (κ2) is 10.1. The molecule has 0 atom stereocenters. The van der Waals surface area contributed by atoms with Crippen molar-refractivity contribution < 1.29 is 4.42 Å². The first-order chi connectivity index (χ1) is 20.8. The van der Waals surface area contributed by atoms with Crippen LogP contribution in [0.5, 0.6) is 0 Å². The first kappa shape index (κ1) is 24.2. The highest BCUT2D eigenvalue weighted by Gasteiger charge is 2.16. The van der Waals surface area contributed by atoms with Gasteiger partial charge in [0, 0.05) is 34.0 Å². The summed E-state index contributed by atoms with van der Waals surface area (Å²) in [5, 5.41) is 4.44. The standard InChI is InChI=1S/C39H26N2O/c1-3-8-27(9-4-1)28-13-15-29(16-14-28)30-17-21-33(22-18-30)41(32-10-5-2-6-11-32)34-23-19-31-20-24-37-38(36(31)26-34)35-12-7-25-40-39(35)42-37/h1-26H. The Morgan fingerprint density at radius 2 is 1.02 bits per heavy atom.